The topological polar surface area (TPSA) is 82.4 Å². The molecule has 3 aromatic rings. The zero-order valence-corrected chi connectivity index (χ0v) is 17.1. The molecule has 0 fully saturated rings. The highest BCUT2D eigenvalue weighted by Crippen LogP contribution is 2.28. The van der Waals surface area contributed by atoms with Gasteiger partial charge in [-0.1, -0.05) is 35.3 Å². The van der Waals surface area contributed by atoms with Gasteiger partial charge in [0.2, 0.25) is 0 Å². The third-order valence-electron chi connectivity index (χ3n) is 4.07. The lowest BCUT2D eigenvalue weighted by Gasteiger charge is -2.09. The molecule has 150 valence electrons. The molecule has 0 saturated carbocycles. The standard InChI is InChI=1S/C20H17Cl2N3O4/c1-25-18(20(27)28-2)16(10-23-25)24-19(26)13-5-3-12(4-6-13)11-29-17-8-7-14(21)9-15(17)22/h3-10H,11H2,1-2H3,(H,24,26). The number of aryl methyl sites for hydroxylation is 1. The van der Waals surface area contributed by atoms with Crippen LogP contribution in [-0.4, -0.2) is 28.8 Å². The number of esters is 1. The SMILES string of the molecule is COC(=O)c1c(NC(=O)c2ccc(COc3ccc(Cl)cc3Cl)cc2)cnn1C. The number of methoxy groups -OCH3 is 1. The quantitative estimate of drug-likeness (QED) is 0.584. The van der Waals surface area contributed by atoms with Crippen LogP contribution in [0.4, 0.5) is 5.69 Å². The molecule has 0 aliphatic rings. The summed E-state index contributed by atoms with van der Waals surface area (Å²) in [6.45, 7) is 0.276. The average Bonchev–Trinajstić information content (AvgIpc) is 3.07. The summed E-state index contributed by atoms with van der Waals surface area (Å²) < 4.78 is 11.7. The van der Waals surface area contributed by atoms with Crippen molar-refractivity contribution in [1.29, 1.82) is 0 Å². The summed E-state index contributed by atoms with van der Waals surface area (Å²) in [6, 6.07) is 11.8. The first-order chi connectivity index (χ1) is 13.9. The molecule has 7 nitrogen and oxygen atoms in total. The molecule has 0 atom stereocenters. The fourth-order valence-corrected chi connectivity index (χ4v) is 3.03. The van der Waals surface area contributed by atoms with Crippen LogP contribution in [-0.2, 0) is 18.4 Å². The largest absolute Gasteiger partial charge is 0.487 e. The first-order valence-corrected chi connectivity index (χ1v) is 9.23. The number of ether oxygens (including phenoxy) is 2. The lowest BCUT2D eigenvalue weighted by atomic mass is 10.1. The van der Waals surface area contributed by atoms with E-state index in [0.717, 1.165) is 5.56 Å². The Hall–Kier alpha value is -3.03. The number of carbonyl (C=O) groups is 2. The number of nitrogens with one attached hydrogen (secondary N) is 1. The van der Waals surface area contributed by atoms with Gasteiger partial charge in [0, 0.05) is 17.6 Å². The molecule has 0 saturated heterocycles. The van der Waals surface area contributed by atoms with E-state index in [4.69, 9.17) is 32.7 Å². The fourth-order valence-electron chi connectivity index (χ4n) is 2.57. The molecule has 29 heavy (non-hydrogen) atoms. The molecule has 1 N–H and O–H groups in total. The van der Waals surface area contributed by atoms with Crippen LogP contribution in [0.1, 0.15) is 26.4 Å². The number of amides is 1. The van der Waals surface area contributed by atoms with E-state index >= 15 is 0 Å². The van der Waals surface area contributed by atoms with Crippen molar-refractivity contribution in [2.45, 2.75) is 6.61 Å². The zero-order chi connectivity index (χ0) is 21.0. The van der Waals surface area contributed by atoms with Crippen LogP contribution >= 0.6 is 23.2 Å². The van der Waals surface area contributed by atoms with Crippen LogP contribution in [0, 0.1) is 0 Å². The van der Waals surface area contributed by atoms with Gasteiger partial charge in [-0.3, -0.25) is 9.48 Å². The number of nitrogens with zero attached hydrogens (tertiary/aromatic N) is 2. The third kappa shape index (κ3) is 4.88. The maximum Gasteiger partial charge on any atom is 0.358 e. The molecule has 0 spiro atoms. The molecule has 0 unspecified atom stereocenters. The molecule has 0 aliphatic carbocycles. The summed E-state index contributed by atoms with van der Waals surface area (Å²) in [4.78, 5) is 24.3. The Labute approximate surface area is 177 Å². The van der Waals surface area contributed by atoms with E-state index in [9.17, 15) is 9.59 Å². The molecule has 9 heteroatoms. The summed E-state index contributed by atoms with van der Waals surface area (Å²) in [5.41, 5.74) is 1.70. The summed E-state index contributed by atoms with van der Waals surface area (Å²) in [6.07, 6.45) is 1.39. The van der Waals surface area contributed by atoms with Crippen molar-refractivity contribution < 1.29 is 19.1 Å². The summed E-state index contributed by atoms with van der Waals surface area (Å²) in [5, 5.41) is 7.60. The lowest BCUT2D eigenvalue weighted by molar-refractivity contribution is 0.0589. The number of hydrogen-bond donors (Lipinski definition) is 1. The van der Waals surface area contributed by atoms with E-state index in [0.29, 0.717) is 21.4 Å². The molecule has 0 aliphatic heterocycles. The lowest BCUT2D eigenvalue weighted by Crippen LogP contribution is -2.16. The second kappa shape index (κ2) is 8.98. The predicted molar refractivity (Wildman–Crippen MR) is 110 cm³/mol. The van der Waals surface area contributed by atoms with Crippen molar-refractivity contribution in [3.05, 3.63) is 75.5 Å². The Morgan fingerprint density at radius 2 is 1.86 bits per heavy atom. The van der Waals surface area contributed by atoms with Crippen molar-refractivity contribution >= 4 is 40.8 Å². The van der Waals surface area contributed by atoms with Crippen LogP contribution in [0.5, 0.6) is 5.75 Å². The van der Waals surface area contributed by atoms with Crippen LogP contribution in [0.2, 0.25) is 10.0 Å². The minimum atomic E-state index is -0.589. The van der Waals surface area contributed by atoms with Gasteiger partial charge in [-0.05, 0) is 35.9 Å². The van der Waals surface area contributed by atoms with Gasteiger partial charge in [0.1, 0.15) is 12.4 Å². The summed E-state index contributed by atoms with van der Waals surface area (Å²) in [7, 11) is 2.85. The van der Waals surface area contributed by atoms with Gasteiger partial charge in [-0.15, -0.1) is 0 Å². The molecular weight excluding hydrogens is 417 g/mol. The second-order valence-electron chi connectivity index (χ2n) is 6.04. The van der Waals surface area contributed by atoms with Gasteiger partial charge in [-0.2, -0.15) is 5.10 Å². The number of carbonyl (C=O) groups excluding carboxylic acids is 2. The molecule has 0 radical (unpaired) electrons. The number of aromatic nitrogens is 2. The number of benzene rings is 2. The Morgan fingerprint density at radius 3 is 2.52 bits per heavy atom. The van der Waals surface area contributed by atoms with Crippen LogP contribution < -0.4 is 10.1 Å². The van der Waals surface area contributed by atoms with Crippen molar-refractivity contribution in [3.8, 4) is 5.75 Å². The van der Waals surface area contributed by atoms with Crippen LogP contribution in [0.3, 0.4) is 0 Å². The molecule has 0 bridgehead atoms. The maximum atomic E-state index is 12.5. The van der Waals surface area contributed by atoms with Gasteiger partial charge in [0.05, 0.1) is 24.0 Å². The number of anilines is 1. The minimum absolute atomic E-state index is 0.158. The fraction of sp³-hybridized carbons (Fsp3) is 0.150. The Kier molecular flexibility index (Phi) is 6.41. The van der Waals surface area contributed by atoms with E-state index in [1.54, 1.807) is 49.5 Å². The monoisotopic (exact) mass is 433 g/mol. The van der Waals surface area contributed by atoms with E-state index in [1.165, 1.54) is 18.0 Å². The molecule has 1 aromatic heterocycles. The van der Waals surface area contributed by atoms with Crippen LogP contribution in [0.25, 0.3) is 0 Å². The molecular formula is C20H17Cl2N3O4. The second-order valence-corrected chi connectivity index (χ2v) is 6.88. The first-order valence-electron chi connectivity index (χ1n) is 8.47. The van der Waals surface area contributed by atoms with E-state index < -0.39 is 5.97 Å². The van der Waals surface area contributed by atoms with Gasteiger partial charge in [0.25, 0.3) is 5.91 Å². The molecule has 1 heterocycles. The van der Waals surface area contributed by atoms with Crippen molar-refractivity contribution in [1.82, 2.24) is 9.78 Å². The van der Waals surface area contributed by atoms with E-state index in [-0.39, 0.29) is 23.9 Å². The van der Waals surface area contributed by atoms with Crippen LogP contribution in [0.15, 0.2) is 48.7 Å². The highest BCUT2D eigenvalue weighted by molar-refractivity contribution is 6.35. The smallest absolute Gasteiger partial charge is 0.358 e. The van der Waals surface area contributed by atoms with Gasteiger partial charge >= 0.3 is 5.97 Å². The van der Waals surface area contributed by atoms with Gasteiger partial charge in [-0.25, -0.2) is 4.79 Å². The highest BCUT2D eigenvalue weighted by Gasteiger charge is 2.19. The maximum absolute atomic E-state index is 12.5. The first kappa shape index (κ1) is 20.7. The number of rotatable bonds is 6. The van der Waals surface area contributed by atoms with Crippen molar-refractivity contribution in [2.24, 2.45) is 7.05 Å². The molecule has 2 aromatic carbocycles. The number of halogens is 2. The van der Waals surface area contributed by atoms with Gasteiger partial charge in [0.15, 0.2) is 5.69 Å². The van der Waals surface area contributed by atoms with E-state index in [1.807, 2.05) is 0 Å². The number of hydrogen-bond acceptors (Lipinski definition) is 5. The Balaban J connectivity index is 1.65. The predicted octanol–water partition coefficient (Wildman–Crippen LogP) is 4.34. The summed E-state index contributed by atoms with van der Waals surface area (Å²) in [5.74, 6) is -0.449. The third-order valence-corrected chi connectivity index (χ3v) is 4.60. The van der Waals surface area contributed by atoms with Crippen molar-refractivity contribution in [2.75, 3.05) is 12.4 Å². The Morgan fingerprint density at radius 1 is 1.14 bits per heavy atom. The zero-order valence-electron chi connectivity index (χ0n) is 15.6. The Bertz CT molecular complexity index is 1050. The molecule has 3 rings (SSSR count). The summed E-state index contributed by atoms with van der Waals surface area (Å²) >= 11 is 12.0. The molecule has 1 amide bonds. The van der Waals surface area contributed by atoms with Crippen molar-refractivity contribution in [3.63, 3.8) is 0 Å². The normalized spacial score (nSPS) is 10.5. The highest BCUT2D eigenvalue weighted by atomic mass is 35.5. The van der Waals surface area contributed by atoms with E-state index in [2.05, 4.69) is 10.4 Å². The van der Waals surface area contributed by atoms with Gasteiger partial charge < -0.3 is 14.8 Å². The average molecular weight is 434 g/mol. The minimum Gasteiger partial charge on any atom is -0.487 e.